The maximum absolute atomic E-state index is 10.0. The summed E-state index contributed by atoms with van der Waals surface area (Å²) < 4.78 is 0.844. The van der Waals surface area contributed by atoms with E-state index >= 15 is 0 Å². The van der Waals surface area contributed by atoms with Gasteiger partial charge in [0.1, 0.15) is 5.69 Å². The zero-order chi connectivity index (χ0) is 7.56. The first kappa shape index (κ1) is 7.87. The topological polar surface area (TPSA) is 42.3 Å². The highest BCUT2D eigenvalue weighted by Gasteiger charge is 2.00. The number of hydrogen-bond donors (Lipinski definition) is 0. The molecule has 1 rings (SSSR count). The largest absolute Gasteiger partial charge is 0.241 e. The molecule has 0 atom stereocenters. The van der Waals surface area contributed by atoms with Gasteiger partial charge in [0.2, 0.25) is 0 Å². The zero-order valence-corrected chi connectivity index (χ0v) is 7.63. The molecule has 0 N–H and O–H groups in total. The molecular formula is C5H2ClIN2O. The normalized spacial score (nSPS) is 9.40. The summed E-state index contributed by atoms with van der Waals surface area (Å²) in [5, 5.41) is 2.83. The van der Waals surface area contributed by atoms with Crippen molar-refractivity contribution in [3.8, 4) is 0 Å². The predicted molar refractivity (Wildman–Crippen MR) is 47.4 cm³/mol. The molecule has 0 spiro atoms. The molecule has 0 fully saturated rings. The number of aromatic nitrogens is 1. The van der Waals surface area contributed by atoms with E-state index in [1.54, 1.807) is 12.3 Å². The van der Waals surface area contributed by atoms with Gasteiger partial charge in [-0.25, -0.2) is 4.98 Å². The van der Waals surface area contributed by atoms with Crippen molar-refractivity contribution >= 4 is 39.9 Å². The molecule has 0 saturated carbocycles. The van der Waals surface area contributed by atoms with Crippen molar-refractivity contribution in [2.24, 2.45) is 5.18 Å². The van der Waals surface area contributed by atoms with Gasteiger partial charge in [0.15, 0.2) is 5.15 Å². The molecule has 52 valence electrons. The Bertz CT molecular complexity index is 266. The molecule has 1 aromatic heterocycles. The fourth-order valence-corrected chi connectivity index (χ4v) is 1.05. The van der Waals surface area contributed by atoms with Gasteiger partial charge in [-0.3, -0.25) is 0 Å². The molecule has 0 aliphatic heterocycles. The molecule has 0 unspecified atom stereocenters. The third kappa shape index (κ3) is 1.63. The van der Waals surface area contributed by atoms with Gasteiger partial charge in [0.25, 0.3) is 0 Å². The summed E-state index contributed by atoms with van der Waals surface area (Å²) >= 11 is 7.51. The van der Waals surface area contributed by atoms with Crippen LogP contribution in [0.2, 0.25) is 5.15 Å². The van der Waals surface area contributed by atoms with E-state index in [4.69, 9.17) is 11.6 Å². The van der Waals surface area contributed by atoms with E-state index in [-0.39, 0.29) is 10.8 Å². The highest BCUT2D eigenvalue weighted by Crippen LogP contribution is 2.23. The minimum absolute atomic E-state index is 0.149. The first-order valence-corrected chi connectivity index (χ1v) is 3.84. The second-order valence-electron chi connectivity index (χ2n) is 1.55. The van der Waals surface area contributed by atoms with Crippen LogP contribution >= 0.6 is 34.2 Å². The van der Waals surface area contributed by atoms with Crippen LogP contribution in [0.5, 0.6) is 0 Å². The summed E-state index contributed by atoms with van der Waals surface area (Å²) in [6.45, 7) is 0. The lowest BCUT2D eigenvalue weighted by Crippen LogP contribution is -1.76. The number of rotatable bonds is 1. The Morgan fingerprint density at radius 1 is 1.70 bits per heavy atom. The average Bonchev–Trinajstić information content (AvgIpc) is 1.94. The van der Waals surface area contributed by atoms with Crippen LogP contribution in [0.25, 0.3) is 0 Å². The smallest absolute Gasteiger partial charge is 0.158 e. The van der Waals surface area contributed by atoms with Crippen LogP contribution in [0.3, 0.4) is 0 Å². The Morgan fingerprint density at radius 2 is 2.40 bits per heavy atom. The second-order valence-corrected chi connectivity index (χ2v) is 3.16. The lowest BCUT2D eigenvalue weighted by Gasteiger charge is -1.91. The van der Waals surface area contributed by atoms with Gasteiger partial charge in [-0.05, 0) is 33.8 Å². The predicted octanol–water partition coefficient (Wildman–Crippen LogP) is 2.74. The fraction of sp³-hybridized carbons (Fsp3) is 0. The minimum Gasteiger partial charge on any atom is -0.241 e. The molecule has 0 aliphatic carbocycles. The monoisotopic (exact) mass is 268 g/mol. The second kappa shape index (κ2) is 3.25. The van der Waals surface area contributed by atoms with Crippen molar-refractivity contribution < 1.29 is 0 Å². The van der Waals surface area contributed by atoms with Gasteiger partial charge < -0.3 is 0 Å². The van der Waals surface area contributed by atoms with Gasteiger partial charge >= 0.3 is 0 Å². The molecule has 0 saturated heterocycles. The highest BCUT2D eigenvalue weighted by atomic mass is 127. The average molecular weight is 268 g/mol. The SMILES string of the molecule is O=Nc1cc(I)cnc1Cl. The van der Waals surface area contributed by atoms with Crippen LogP contribution in [0.1, 0.15) is 0 Å². The molecule has 0 amide bonds. The summed E-state index contributed by atoms with van der Waals surface area (Å²) in [7, 11) is 0. The van der Waals surface area contributed by atoms with E-state index in [0.717, 1.165) is 3.57 Å². The fourth-order valence-electron chi connectivity index (χ4n) is 0.476. The summed E-state index contributed by atoms with van der Waals surface area (Å²) in [4.78, 5) is 13.7. The number of halogens is 2. The van der Waals surface area contributed by atoms with Gasteiger partial charge in [-0.1, -0.05) is 11.6 Å². The van der Waals surface area contributed by atoms with Crippen molar-refractivity contribution in [3.05, 3.63) is 25.9 Å². The number of hydrogen-bond acceptors (Lipinski definition) is 3. The standard InChI is InChI=1S/C5H2ClIN2O/c6-5-4(9-10)1-3(7)2-8-5/h1-2H. The van der Waals surface area contributed by atoms with Gasteiger partial charge in [-0.15, -0.1) is 4.91 Å². The van der Waals surface area contributed by atoms with Gasteiger partial charge in [0, 0.05) is 9.77 Å². The number of pyridine rings is 1. The van der Waals surface area contributed by atoms with E-state index in [1.807, 2.05) is 22.6 Å². The number of nitroso groups, excluding NO2 is 1. The summed E-state index contributed by atoms with van der Waals surface area (Å²) in [6.07, 6.45) is 1.57. The summed E-state index contributed by atoms with van der Waals surface area (Å²) in [6, 6.07) is 1.57. The van der Waals surface area contributed by atoms with Crippen molar-refractivity contribution in [1.29, 1.82) is 0 Å². The van der Waals surface area contributed by atoms with Crippen LogP contribution in [-0.2, 0) is 0 Å². The lowest BCUT2D eigenvalue weighted by atomic mass is 10.4. The van der Waals surface area contributed by atoms with Crippen LogP contribution in [0, 0.1) is 8.48 Å². The maximum Gasteiger partial charge on any atom is 0.158 e. The van der Waals surface area contributed by atoms with E-state index in [0.29, 0.717) is 0 Å². The summed E-state index contributed by atoms with van der Waals surface area (Å²) in [5.74, 6) is 0. The molecule has 1 heterocycles. The highest BCUT2D eigenvalue weighted by molar-refractivity contribution is 14.1. The van der Waals surface area contributed by atoms with Crippen molar-refractivity contribution in [3.63, 3.8) is 0 Å². The molecule has 1 aromatic rings. The van der Waals surface area contributed by atoms with E-state index in [2.05, 4.69) is 10.2 Å². The van der Waals surface area contributed by atoms with Crippen LogP contribution < -0.4 is 0 Å². The molecule has 5 heteroatoms. The Kier molecular flexibility index (Phi) is 2.56. The molecule has 3 nitrogen and oxygen atoms in total. The van der Waals surface area contributed by atoms with E-state index in [1.165, 1.54) is 0 Å². The molecule has 0 aliphatic rings. The Hall–Kier alpha value is -0.230. The molecule has 0 bridgehead atoms. The van der Waals surface area contributed by atoms with Crippen molar-refractivity contribution in [2.75, 3.05) is 0 Å². The van der Waals surface area contributed by atoms with Crippen molar-refractivity contribution in [1.82, 2.24) is 4.98 Å². The van der Waals surface area contributed by atoms with Crippen LogP contribution in [-0.4, -0.2) is 4.98 Å². The molecule has 0 radical (unpaired) electrons. The van der Waals surface area contributed by atoms with E-state index < -0.39 is 0 Å². The first-order valence-electron chi connectivity index (χ1n) is 2.38. The minimum atomic E-state index is 0.149. The molecule has 10 heavy (non-hydrogen) atoms. The first-order chi connectivity index (χ1) is 4.74. The van der Waals surface area contributed by atoms with Crippen LogP contribution in [0.15, 0.2) is 17.4 Å². The Labute approximate surface area is 75.9 Å². The van der Waals surface area contributed by atoms with Gasteiger partial charge in [-0.2, -0.15) is 0 Å². The summed E-state index contributed by atoms with van der Waals surface area (Å²) in [5.41, 5.74) is 0.188. The molecule has 0 aromatic carbocycles. The number of nitrogens with zero attached hydrogens (tertiary/aromatic N) is 2. The zero-order valence-electron chi connectivity index (χ0n) is 4.71. The van der Waals surface area contributed by atoms with Gasteiger partial charge in [0.05, 0.1) is 0 Å². The maximum atomic E-state index is 10.0. The third-order valence-electron chi connectivity index (χ3n) is 0.886. The van der Waals surface area contributed by atoms with E-state index in [9.17, 15) is 4.91 Å². The Balaban J connectivity index is 3.21. The lowest BCUT2D eigenvalue weighted by molar-refractivity contribution is 1.28. The van der Waals surface area contributed by atoms with Crippen LogP contribution in [0.4, 0.5) is 5.69 Å². The molecular weight excluding hydrogens is 266 g/mol. The Morgan fingerprint density at radius 3 is 2.90 bits per heavy atom. The third-order valence-corrected chi connectivity index (χ3v) is 1.77. The van der Waals surface area contributed by atoms with Crippen molar-refractivity contribution in [2.45, 2.75) is 0 Å². The quantitative estimate of drug-likeness (QED) is 0.446.